The molecule has 4 nitrogen and oxygen atoms in total. The molecular weight excluding hydrogens is 252 g/mol. The molecule has 20 heavy (non-hydrogen) atoms. The van der Waals surface area contributed by atoms with Crippen molar-refractivity contribution in [2.45, 2.75) is 26.8 Å². The van der Waals surface area contributed by atoms with Crippen molar-refractivity contribution in [2.75, 3.05) is 19.7 Å². The Morgan fingerprint density at radius 1 is 1.40 bits per heavy atom. The molecule has 1 unspecified atom stereocenters. The number of carbonyl (C=O) groups is 1. The second-order valence-corrected chi connectivity index (χ2v) is 5.77. The lowest BCUT2D eigenvalue weighted by Crippen LogP contribution is -2.33. The Hall–Kier alpha value is -1.55. The van der Waals surface area contributed by atoms with E-state index in [4.69, 9.17) is 10.5 Å². The smallest absolute Gasteiger partial charge is 0.260 e. The molecule has 0 aliphatic carbocycles. The molecule has 1 fully saturated rings. The number of benzene rings is 1. The van der Waals surface area contributed by atoms with Crippen molar-refractivity contribution in [3.05, 3.63) is 29.8 Å². The molecule has 1 atom stereocenters. The van der Waals surface area contributed by atoms with Gasteiger partial charge in [0.25, 0.3) is 5.91 Å². The number of hydrogen-bond acceptors (Lipinski definition) is 3. The van der Waals surface area contributed by atoms with Crippen LogP contribution >= 0.6 is 0 Å². The lowest BCUT2D eigenvalue weighted by molar-refractivity contribution is -0.132. The molecule has 1 amide bonds. The average molecular weight is 276 g/mol. The van der Waals surface area contributed by atoms with E-state index in [9.17, 15) is 4.79 Å². The van der Waals surface area contributed by atoms with Gasteiger partial charge in [0, 0.05) is 19.6 Å². The second-order valence-electron chi connectivity index (χ2n) is 5.77. The summed E-state index contributed by atoms with van der Waals surface area (Å²) in [6.07, 6.45) is 1.11. The molecule has 110 valence electrons. The molecule has 2 rings (SSSR count). The van der Waals surface area contributed by atoms with Gasteiger partial charge < -0.3 is 15.4 Å². The fraction of sp³-hybridized carbons (Fsp3) is 0.562. The Balaban J connectivity index is 1.80. The van der Waals surface area contributed by atoms with Crippen molar-refractivity contribution in [3.63, 3.8) is 0 Å². The number of ether oxygens (including phenoxy) is 1. The standard InChI is InChI=1S/C16H24N2O2/c1-12(2)14-7-8-18(10-14)16(19)11-20-15-5-3-13(9-17)4-6-15/h3-6,12,14H,7-11,17H2,1-2H3. The molecule has 1 heterocycles. The molecule has 1 aromatic rings. The molecule has 4 heteroatoms. The van der Waals surface area contributed by atoms with E-state index in [-0.39, 0.29) is 12.5 Å². The van der Waals surface area contributed by atoms with E-state index >= 15 is 0 Å². The largest absolute Gasteiger partial charge is 0.484 e. The van der Waals surface area contributed by atoms with Gasteiger partial charge >= 0.3 is 0 Å². The minimum Gasteiger partial charge on any atom is -0.484 e. The summed E-state index contributed by atoms with van der Waals surface area (Å²) in [6, 6.07) is 7.56. The second kappa shape index (κ2) is 6.75. The Kier molecular flexibility index (Phi) is 5.01. The number of hydrogen-bond donors (Lipinski definition) is 1. The van der Waals surface area contributed by atoms with Gasteiger partial charge in [0.15, 0.2) is 6.61 Å². The molecule has 0 aromatic heterocycles. The number of carbonyl (C=O) groups excluding carboxylic acids is 1. The quantitative estimate of drug-likeness (QED) is 0.895. The maximum absolute atomic E-state index is 12.1. The third kappa shape index (κ3) is 3.73. The third-order valence-electron chi connectivity index (χ3n) is 4.04. The number of rotatable bonds is 5. The molecule has 0 spiro atoms. The van der Waals surface area contributed by atoms with E-state index < -0.39 is 0 Å². The third-order valence-corrected chi connectivity index (χ3v) is 4.04. The number of amides is 1. The SMILES string of the molecule is CC(C)C1CCN(C(=O)COc2ccc(CN)cc2)C1. The summed E-state index contributed by atoms with van der Waals surface area (Å²) < 4.78 is 5.54. The highest BCUT2D eigenvalue weighted by Gasteiger charge is 2.28. The molecule has 1 aromatic carbocycles. The van der Waals surface area contributed by atoms with E-state index in [1.54, 1.807) is 0 Å². The van der Waals surface area contributed by atoms with Crippen LogP contribution in [0.3, 0.4) is 0 Å². The fourth-order valence-corrected chi connectivity index (χ4v) is 2.52. The first-order valence-corrected chi connectivity index (χ1v) is 7.29. The van der Waals surface area contributed by atoms with Gasteiger partial charge in [-0.05, 0) is 36.0 Å². The number of nitrogens with zero attached hydrogens (tertiary/aromatic N) is 1. The van der Waals surface area contributed by atoms with E-state index in [0.717, 1.165) is 30.8 Å². The van der Waals surface area contributed by atoms with Gasteiger partial charge in [-0.15, -0.1) is 0 Å². The summed E-state index contributed by atoms with van der Waals surface area (Å²) in [5.41, 5.74) is 6.60. The maximum Gasteiger partial charge on any atom is 0.260 e. The highest BCUT2D eigenvalue weighted by molar-refractivity contribution is 5.78. The summed E-state index contributed by atoms with van der Waals surface area (Å²) in [5.74, 6) is 2.06. The first kappa shape index (κ1) is 14.9. The first-order chi connectivity index (χ1) is 9.60. The molecule has 1 aliphatic heterocycles. The van der Waals surface area contributed by atoms with Crippen LogP contribution in [0.15, 0.2) is 24.3 Å². The van der Waals surface area contributed by atoms with Crippen molar-refractivity contribution in [1.82, 2.24) is 4.90 Å². The number of likely N-dealkylation sites (tertiary alicyclic amines) is 1. The van der Waals surface area contributed by atoms with Crippen LogP contribution in [0, 0.1) is 11.8 Å². The van der Waals surface area contributed by atoms with Gasteiger partial charge in [-0.3, -0.25) is 4.79 Å². The highest BCUT2D eigenvalue weighted by Crippen LogP contribution is 2.23. The fourth-order valence-electron chi connectivity index (χ4n) is 2.52. The van der Waals surface area contributed by atoms with Crippen LogP contribution in [0.2, 0.25) is 0 Å². The lowest BCUT2D eigenvalue weighted by Gasteiger charge is -2.18. The predicted molar refractivity (Wildman–Crippen MR) is 79.4 cm³/mol. The molecule has 1 aliphatic rings. The highest BCUT2D eigenvalue weighted by atomic mass is 16.5. The van der Waals surface area contributed by atoms with Gasteiger partial charge in [-0.25, -0.2) is 0 Å². The Labute approximate surface area is 120 Å². The van der Waals surface area contributed by atoms with E-state index in [1.165, 1.54) is 0 Å². The molecule has 2 N–H and O–H groups in total. The topological polar surface area (TPSA) is 55.6 Å². The van der Waals surface area contributed by atoms with E-state index in [1.807, 2.05) is 29.2 Å². The van der Waals surface area contributed by atoms with E-state index in [2.05, 4.69) is 13.8 Å². The number of nitrogens with two attached hydrogens (primary N) is 1. The molecule has 0 bridgehead atoms. The van der Waals surface area contributed by atoms with Crippen LogP contribution in [-0.2, 0) is 11.3 Å². The van der Waals surface area contributed by atoms with Crippen LogP contribution in [0.5, 0.6) is 5.75 Å². The maximum atomic E-state index is 12.1. The molecule has 0 radical (unpaired) electrons. The normalized spacial score (nSPS) is 18.6. The van der Waals surface area contributed by atoms with Crippen molar-refractivity contribution >= 4 is 5.91 Å². The van der Waals surface area contributed by atoms with Gasteiger partial charge in [-0.2, -0.15) is 0 Å². The van der Waals surface area contributed by atoms with Gasteiger partial charge in [-0.1, -0.05) is 26.0 Å². The summed E-state index contributed by atoms with van der Waals surface area (Å²) in [7, 11) is 0. The molecule has 1 saturated heterocycles. The first-order valence-electron chi connectivity index (χ1n) is 7.29. The van der Waals surface area contributed by atoms with Gasteiger partial charge in [0.2, 0.25) is 0 Å². The zero-order valence-corrected chi connectivity index (χ0v) is 12.3. The van der Waals surface area contributed by atoms with Crippen LogP contribution in [0.1, 0.15) is 25.8 Å². The Morgan fingerprint density at radius 2 is 2.10 bits per heavy atom. The van der Waals surface area contributed by atoms with Crippen molar-refractivity contribution < 1.29 is 9.53 Å². The summed E-state index contributed by atoms with van der Waals surface area (Å²) >= 11 is 0. The van der Waals surface area contributed by atoms with Crippen molar-refractivity contribution in [2.24, 2.45) is 17.6 Å². The van der Waals surface area contributed by atoms with Crippen LogP contribution in [0.4, 0.5) is 0 Å². The van der Waals surface area contributed by atoms with Crippen LogP contribution in [-0.4, -0.2) is 30.5 Å². The monoisotopic (exact) mass is 276 g/mol. The molecule has 0 saturated carbocycles. The van der Waals surface area contributed by atoms with Crippen LogP contribution < -0.4 is 10.5 Å². The van der Waals surface area contributed by atoms with Crippen LogP contribution in [0.25, 0.3) is 0 Å². The average Bonchev–Trinajstić information content (AvgIpc) is 2.95. The lowest BCUT2D eigenvalue weighted by atomic mass is 9.95. The van der Waals surface area contributed by atoms with Gasteiger partial charge in [0.05, 0.1) is 0 Å². The predicted octanol–water partition coefficient (Wildman–Crippen LogP) is 2.03. The van der Waals surface area contributed by atoms with Gasteiger partial charge in [0.1, 0.15) is 5.75 Å². The minimum atomic E-state index is 0.0797. The Bertz CT molecular complexity index is 442. The summed E-state index contributed by atoms with van der Waals surface area (Å²) in [4.78, 5) is 14.0. The minimum absolute atomic E-state index is 0.0797. The molecular formula is C16H24N2O2. The summed E-state index contributed by atoms with van der Waals surface area (Å²) in [6.45, 7) is 6.79. The zero-order chi connectivity index (χ0) is 14.5. The van der Waals surface area contributed by atoms with Crippen molar-refractivity contribution in [3.8, 4) is 5.75 Å². The summed E-state index contributed by atoms with van der Waals surface area (Å²) in [5, 5.41) is 0. The van der Waals surface area contributed by atoms with E-state index in [0.29, 0.717) is 18.4 Å². The Morgan fingerprint density at radius 3 is 2.65 bits per heavy atom. The van der Waals surface area contributed by atoms with Crippen molar-refractivity contribution in [1.29, 1.82) is 0 Å². The zero-order valence-electron chi connectivity index (χ0n) is 12.3.